The monoisotopic (exact) mass is 274 g/mol. The Morgan fingerprint density at radius 2 is 2.20 bits per heavy atom. The summed E-state index contributed by atoms with van der Waals surface area (Å²) in [7, 11) is 0. The molecule has 1 aliphatic carbocycles. The molecule has 2 rings (SSSR count). The van der Waals surface area contributed by atoms with Gasteiger partial charge in [-0.15, -0.1) is 0 Å². The highest BCUT2D eigenvalue weighted by molar-refractivity contribution is 5.78. The average Bonchev–Trinajstić information content (AvgIpc) is 2.43. The molecule has 0 bridgehead atoms. The SMILES string of the molecule is CCOC1CC(NC(=O)COc2ccccc2C#N)C1. The number of carbonyl (C=O) groups excluding carboxylic acids is 1. The highest BCUT2D eigenvalue weighted by Gasteiger charge is 2.30. The summed E-state index contributed by atoms with van der Waals surface area (Å²) in [6, 6.07) is 9.07. The molecule has 5 nitrogen and oxygen atoms in total. The van der Waals surface area contributed by atoms with E-state index in [1.54, 1.807) is 24.3 Å². The van der Waals surface area contributed by atoms with Crippen molar-refractivity contribution in [2.75, 3.05) is 13.2 Å². The van der Waals surface area contributed by atoms with Gasteiger partial charge in [-0.05, 0) is 31.9 Å². The molecule has 0 unspecified atom stereocenters. The van der Waals surface area contributed by atoms with E-state index in [9.17, 15) is 4.79 Å². The average molecular weight is 274 g/mol. The number of nitriles is 1. The zero-order valence-electron chi connectivity index (χ0n) is 11.5. The van der Waals surface area contributed by atoms with Crippen molar-refractivity contribution in [1.82, 2.24) is 5.32 Å². The first-order valence-corrected chi connectivity index (χ1v) is 6.75. The molecule has 1 amide bonds. The minimum atomic E-state index is -0.169. The summed E-state index contributed by atoms with van der Waals surface area (Å²) in [5, 5.41) is 11.8. The number of ether oxygens (including phenoxy) is 2. The number of rotatable bonds is 6. The minimum absolute atomic E-state index is 0.0749. The van der Waals surface area contributed by atoms with Crippen LogP contribution in [0.1, 0.15) is 25.3 Å². The molecular formula is C15H18N2O3. The molecule has 1 fully saturated rings. The van der Waals surface area contributed by atoms with Crippen LogP contribution < -0.4 is 10.1 Å². The van der Waals surface area contributed by atoms with E-state index in [0.717, 1.165) is 12.8 Å². The molecule has 0 atom stereocenters. The molecule has 0 saturated heterocycles. The minimum Gasteiger partial charge on any atom is -0.482 e. The highest BCUT2D eigenvalue weighted by Crippen LogP contribution is 2.23. The molecule has 1 N–H and O–H groups in total. The quantitative estimate of drug-likeness (QED) is 0.855. The lowest BCUT2D eigenvalue weighted by Crippen LogP contribution is -2.49. The van der Waals surface area contributed by atoms with Crippen LogP contribution in [0.25, 0.3) is 0 Å². The summed E-state index contributed by atoms with van der Waals surface area (Å²) in [5.74, 6) is 0.267. The van der Waals surface area contributed by atoms with Gasteiger partial charge < -0.3 is 14.8 Å². The van der Waals surface area contributed by atoms with Crippen LogP contribution in [0.4, 0.5) is 0 Å². The van der Waals surface area contributed by atoms with Gasteiger partial charge in [-0.3, -0.25) is 4.79 Å². The second-order valence-electron chi connectivity index (χ2n) is 4.71. The van der Waals surface area contributed by atoms with Crippen LogP contribution in [-0.4, -0.2) is 31.3 Å². The first-order chi connectivity index (χ1) is 9.72. The molecule has 0 spiro atoms. The Labute approximate surface area is 118 Å². The Morgan fingerprint density at radius 1 is 1.45 bits per heavy atom. The first kappa shape index (κ1) is 14.4. The summed E-state index contributed by atoms with van der Waals surface area (Å²) in [5.41, 5.74) is 0.431. The molecule has 20 heavy (non-hydrogen) atoms. The summed E-state index contributed by atoms with van der Waals surface area (Å²) in [6.45, 7) is 2.60. The van der Waals surface area contributed by atoms with Crippen LogP contribution in [0.5, 0.6) is 5.75 Å². The fourth-order valence-corrected chi connectivity index (χ4v) is 2.15. The number of carbonyl (C=O) groups is 1. The van der Waals surface area contributed by atoms with E-state index in [2.05, 4.69) is 5.32 Å². The van der Waals surface area contributed by atoms with Crippen molar-refractivity contribution in [2.24, 2.45) is 0 Å². The van der Waals surface area contributed by atoms with Gasteiger partial charge in [0.25, 0.3) is 5.91 Å². The predicted molar refractivity (Wildman–Crippen MR) is 73.2 cm³/mol. The molecule has 0 radical (unpaired) electrons. The third-order valence-electron chi connectivity index (χ3n) is 3.23. The molecule has 0 aliphatic heterocycles. The Hall–Kier alpha value is -2.06. The molecule has 106 valence electrons. The van der Waals surface area contributed by atoms with Crippen molar-refractivity contribution in [2.45, 2.75) is 31.9 Å². The zero-order chi connectivity index (χ0) is 14.4. The van der Waals surface area contributed by atoms with Gasteiger partial charge in [-0.25, -0.2) is 0 Å². The zero-order valence-corrected chi connectivity index (χ0v) is 11.5. The Morgan fingerprint density at radius 3 is 2.90 bits per heavy atom. The molecule has 1 aromatic carbocycles. The lowest BCUT2D eigenvalue weighted by molar-refractivity contribution is -0.125. The van der Waals surface area contributed by atoms with Gasteiger partial charge in [-0.2, -0.15) is 5.26 Å². The third kappa shape index (κ3) is 3.72. The van der Waals surface area contributed by atoms with Crippen molar-refractivity contribution in [3.05, 3.63) is 29.8 Å². The van der Waals surface area contributed by atoms with Gasteiger partial charge in [-0.1, -0.05) is 12.1 Å². The van der Waals surface area contributed by atoms with Crippen LogP contribution in [0.3, 0.4) is 0 Å². The lowest BCUT2D eigenvalue weighted by atomic mass is 9.89. The van der Waals surface area contributed by atoms with Gasteiger partial charge in [0.05, 0.1) is 11.7 Å². The molecule has 0 heterocycles. The standard InChI is InChI=1S/C15H18N2O3/c1-2-19-13-7-12(8-13)17-15(18)10-20-14-6-4-3-5-11(14)9-16/h3-6,12-13H,2,7-8,10H2,1H3,(H,17,18). The van der Waals surface area contributed by atoms with E-state index >= 15 is 0 Å². The fraction of sp³-hybridized carbons (Fsp3) is 0.467. The molecular weight excluding hydrogens is 256 g/mol. The van der Waals surface area contributed by atoms with Gasteiger partial charge in [0.15, 0.2) is 6.61 Å². The summed E-state index contributed by atoms with van der Waals surface area (Å²) >= 11 is 0. The van der Waals surface area contributed by atoms with Gasteiger partial charge >= 0.3 is 0 Å². The lowest BCUT2D eigenvalue weighted by Gasteiger charge is -2.35. The molecule has 1 saturated carbocycles. The fourth-order valence-electron chi connectivity index (χ4n) is 2.15. The van der Waals surface area contributed by atoms with Crippen molar-refractivity contribution in [1.29, 1.82) is 5.26 Å². The number of hydrogen-bond donors (Lipinski definition) is 1. The van der Waals surface area contributed by atoms with E-state index in [0.29, 0.717) is 17.9 Å². The molecule has 1 aromatic rings. The maximum absolute atomic E-state index is 11.7. The van der Waals surface area contributed by atoms with Gasteiger partial charge in [0.2, 0.25) is 0 Å². The van der Waals surface area contributed by atoms with E-state index in [1.165, 1.54) is 0 Å². The van der Waals surface area contributed by atoms with Gasteiger partial charge in [0.1, 0.15) is 11.8 Å². The van der Waals surface area contributed by atoms with Crippen molar-refractivity contribution in [3.63, 3.8) is 0 Å². The second kappa shape index (κ2) is 6.92. The summed E-state index contributed by atoms with van der Waals surface area (Å²) in [6.07, 6.45) is 1.98. The first-order valence-electron chi connectivity index (χ1n) is 6.75. The molecule has 0 aromatic heterocycles. The van der Waals surface area contributed by atoms with Crippen LogP contribution >= 0.6 is 0 Å². The smallest absolute Gasteiger partial charge is 0.258 e. The van der Waals surface area contributed by atoms with Crippen LogP contribution in [-0.2, 0) is 9.53 Å². The topological polar surface area (TPSA) is 71.3 Å². The molecule has 5 heteroatoms. The maximum Gasteiger partial charge on any atom is 0.258 e. The van der Waals surface area contributed by atoms with E-state index in [-0.39, 0.29) is 24.7 Å². The largest absolute Gasteiger partial charge is 0.482 e. The second-order valence-corrected chi connectivity index (χ2v) is 4.71. The molecule has 1 aliphatic rings. The van der Waals surface area contributed by atoms with Crippen LogP contribution in [0.15, 0.2) is 24.3 Å². The summed E-state index contributed by atoms with van der Waals surface area (Å²) < 4.78 is 10.8. The van der Waals surface area contributed by atoms with Crippen LogP contribution in [0, 0.1) is 11.3 Å². The van der Waals surface area contributed by atoms with E-state index in [1.807, 2.05) is 13.0 Å². The van der Waals surface area contributed by atoms with Crippen molar-refractivity contribution < 1.29 is 14.3 Å². The van der Waals surface area contributed by atoms with Crippen LogP contribution in [0.2, 0.25) is 0 Å². The normalized spacial score (nSPS) is 20.6. The van der Waals surface area contributed by atoms with Crippen molar-refractivity contribution >= 4 is 5.91 Å². The maximum atomic E-state index is 11.7. The Bertz CT molecular complexity index is 504. The number of hydrogen-bond acceptors (Lipinski definition) is 4. The number of nitrogens with zero attached hydrogens (tertiary/aromatic N) is 1. The Kier molecular flexibility index (Phi) is 4.97. The number of amides is 1. The number of para-hydroxylation sites is 1. The summed E-state index contributed by atoms with van der Waals surface area (Å²) in [4.78, 5) is 11.7. The Balaban J connectivity index is 1.72. The highest BCUT2D eigenvalue weighted by atomic mass is 16.5. The number of nitrogens with one attached hydrogen (secondary N) is 1. The number of benzene rings is 1. The van der Waals surface area contributed by atoms with Gasteiger partial charge in [0, 0.05) is 12.6 Å². The predicted octanol–water partition coefficient (Wildman–Crippen LogP) is 1.62. The third-order valence-corrected chi connectivity index (χ3v) is 3.23. The van der Waals surface area contributed by atoms with Crippen molar-refractivity contribution in [3.8, 4) is 11.8 Å². The van der Waals surface area contributed by atoms with E-state index < -0.39 is 0 Å². The van der Waals surface area contributed by atoms with E-state index in [4.69, 9.17) is 14.7 Å².